The van der Waals surface area contributed by atoms with Crippen molar-refractivity contribution in [3.63, 3.8) is 0 Å². The zero-order valence-electron chi connectivity index (χ0n) is 18.6. The molecule has 30 heavy (non-hydrogen) atoms. The number of benzene rings is 1. The third-order valence-corrected chi connectivity index (χ3v) is 5.79. The SMILES string of the molecule is CCOC(=O)N1CCN(C(=NC)NCc2ccc(CN3CCN(C)CC3)cc2)CC1. The van der Waals surface area contributed by atoms with Gasteiger partial charge in [-0.1, -0.05) is 24.3 Å². The van der Waals surface area contributed by atoms with Gasteiger partial charge in [0.25, 0.3) is 0 Å². The zero-order chi connectivity index (χ0) is 21.3. The van der Waals surface area contributed by atoms with Crippen LogP contribution in [0.15, 0.2) is 29.3 Å². The summed E-state index contributed by atoms with van der Waals surface area (Å²) >= 11 is 0. The minimum absolute atomic E-state index is 0.225. The van der Waals surface area contributed by atoms with Crippen molar-refractivity contribution in [2.24, 2.45) is 4.99 Å². The molecule has 1 aromatic carbocycles. The van der Waals surface area contributed by atoms with Crippen LogP contribution in [0.3, 0.4) is 0 Å². The van der Waals surface area contributed by atoms with Gasteiger partial charge in [-0.05, 0) is 25.1 Å². The molecular weight excluding hydrogens is 380 g/mol. The molecule has 1 amide bonds. The third-order valence-electron chi connectivity index (χ3n) is 5.79. The summed E-state index contributed by atoms with van der Waals surface area (Å²) < 4.78 is 5.09. The van der Waals surface area contributed by atoms with Crippen molar-refractivity contribution < 1.29 is 9.53 Å². The summed E-state index contributed by atoms with van der Waals surface area (Å²) in [6.07, 6.45) is -0.225. The summed E-state index contributed by atoms with van der Waals surface area (Å²) in [5.41, 5.74) is 2.60. The number of ether oxygens (including phenoxy) is 1. The number of nitrogens with zero attached hydrogens (tertiary/aromatic N) is 5. The number of rotatable bonds is 5. The molecule has 0 unspecified atom stereocenters. The minimum Gasteiger partial charge on any atom is -0.450 e. The van der Waals surface area contributed by atoms with E-state index in [0.29, 0.717) is 19.7 Å². The number of carbonyl (C=O) groups excluding carboxylic acids is 1. The highest BCUT2D eigenvalue weighted by Gasteiger charge is 2.23. The summed E-state index contributed by atoms with van der Waals surface area (Å²) in [4.78, 5) is 25.1. The fraction of sp³-hybridized carbons (Fsp3) is 0.636. The average Bonchev–Trinajstić information content (AvgIpc) is 2.77. The molecule has 2 heterocycles. The Kier molecular flexibility index (Phi) is 8.33. The fourth-order valence-electron chi connectivity index (χ4n) is 3.86. The van der Waals surface area contributed by atoms with Crippen LogP contribution in [-0.4, -0.2) is 105 Å². The average molecular weight is 417 g/mol. The van der Waals surface area contributed by atoms with Crippen LogP contribution in [0.1, 0.15) is 18.1 Å². The Balaban J connectivity index is 1.43. The lowest BCUT2D eigenvalue weighted by Gasteiger charge is -2.35. The molecule has 2 aliphatic heterocycles. The van der Waals surface area contributed by atoms with Gasteiger partial charge in [-0.3, -0.25) is 9.89 Å². The molecule has 1 aromatic rings. The largest absolute Gasteiger partial charge is 0.450 e. The molecule has 0 radical (unpaired) electrons. The number of nitrogens with one attached hydrogen (secondary N) is 1. The smallest absolute Gasteiger partial charge is 0.409 e. The van der Waals surface area contributed by atoms with E-state index in [1.807, 2.05) is 6.92 Å². The predicted octanol–water partition coefficient (Wildman–Crippen LogP) is 1.28. The van der Waals surface area contributed by atoms with Crippen LogP contribution >= 0.6 is 0 Å². The molecule has 3 rings (SSSR count). The van der Waals surface area contributed by atoms with Crippen molar-refractivity contribution in [2.75, 3.05) is 73.1 Å². The third kappa shape index (κ3) is 6.34. The number of guanidine groups is 1. The van der Waals surface area contributed by atoms with E-state index in [-0.39, 0.29) is 6.09 Å². The molecule has 0 spiro atoms. The van der Waals surface area contributed by atoms with E-state index < -0.39 is 0 Å². The van der Waals surface area contributed by atoms with E-state index in [0.717, 1.165) is 58.3 Å². The lowest BCUT2D eigenvalue weighted by molar-refractivity contribution is 0.0914. The number of aliphatic imine (C=N–C) groups is 1. The van der Waals surface area contributed by atoms with E-state index in [4.69, 9.17) is 4.74 Å². The highest BCUT2D eigenvalue weighted by Crippen LogP contribution is 2.10. The van der Waals surface area contributed by atoms with Crippen LogP contribution in [0.2, 0.25) is 0 Å². The van der Waals surface area contributed by atoms with Gasteiger partial charge in [0.1, 0.15) is 0 Å². The van der Waals surface area contributed by atoms with Crippen LogP contribution < -0.4 is 5.32 Å². The first-order valence-corrected chi connectivity index (χ1v) is 10.9. The van der Waals surface area contributed by atoms with Crippen molar-refractivity contribution in [2.45, 2.75) is 20.0 Å². The van der Waals surface area contributed by atoms with Gasteiger partial charge in [0.2, 0.25) is 0 Å². The molecule has 8 heteroatoms. The van der Waals surface area contributed by atoms with Gasteiger partial charge in [0.15, 0.2) is 5.96 Å². The number of likely N-dealkylation sites (N-methyl/N-ethyl adjacent to an activating group) is 1. The summed E-state index contributed by atoms with van der Waals surface area (Å²) in [5, 5.41) is 3.46. The Morgan fingerprint density at radius 3 is 2.17 bits per heavy atom. The molecule has 8 nitrogen and oxygen atoms in total. The monoisotopic (exact) mass is 416 g/mol. The summed E-state index contributed by atoms with van der Waals surface area (Å²) in [7, 11) is 3.99. The molecule has 2 aliphatic rings. The molecular formula is C22H36N6O2. The standard InChI is InChI=1S/C22H36N6O2/c1-4-30-22(29)28-15-13-27(14-16-28)21(23-2)24-17-19-5-7-20(8-6-19)18-26-11-9-25(3)10-12-26/h5-8H,4,9-18H2,1-3H3,(H,23,24). The molecule has 0 atom stereocenters. The highest BCUT2D eigenvalue weighted by molar-refractivity contribution is 5.80. The Bertz CT molecular complexity index is 692. The zero-order valence-corrected chi connectivity index (χ0v) is 18.6. The molecule has 166 valence electrons. The summed E-state index contributed by atoms with van der Waals surface area (Å²) in [6, 6.07) is 8.86. The fourth-order valence-corrected chi connectivity index (χ4v) is 3.86. The Hall–Kier alpha value is -2.32. The van der Waals surface area contributed by atoms with Crippen molar-refractivity contribution in [1.82, 2.24) is 24.9 Å². The normalized spacial score (nSPS) is 19.1. The first-order valence-electron chi connectivity index (χ1n) is 10.9. The maximum atomic E-state index is 11.9. The van der Waals surface area contributed by atoms with Crippen molar-refractivity contribution in [3.8, 4) is 0 Å². The van der Waals surface area contributed by atoms with Gasteiger partial charge >= 0.3 is 6.09 Å². The summed E-state index contributed by atoms with van der Waals surface area (Å²) in [6.45, 7) is 11.4. The minimum atomic E-state index is -0.225. The van der Waals surface area contributed by atoms with E-state index in [9.17, 15) is 4.79 Å². The number of piperazine rings is 2. The lowest BCUT2D eigenvalue weighted by Crippen LogP contribution is -2.53. The molecule has 2 fully saturated rings. The highest BCUT2D eigenvalue weighted by atomic mass is 16.6. The van der Waals surface area contributed by atoms with E-state index in [1.165, 1.54) is 11.1 Å². The topological polar surface area (TPSA) is 63.7 Å². The number of carbonyl (C=O) groups is 1. The van der Waals surface area contributed by atoms with Crippen molar-refractivity contribution >= 4 is 12.1 Å². The van der Waals surface area contributed by atoms with Gasteiger partial charge in [-0.2, -0.15) is 0 Å². The van der Waals surface area contributed by atoms with Gasteiger partial charge in [0.05, 0.1) is 6.61 Å². The molecule has 1 N–H and O–H groups in total. The Morgan fingerprint density at radius 2 is 1.57 bits per heavy atom. The molecule has 0 aliphatic carbocycles. The molecule has 0 aromatic heterocycles. The van der Waals surface area contributed by atoms with E-state index in [1.54, 1.807) is 11.9 Å². The molecule has 2 saturated heterocycles. The second kappa shape index (κ2) is 11.2. The van der Waals surface area contributed by atoms with Gasteiger partial charge in [-0.15, -0.1) is 0 Å². The van der Waals surface area contributed by atoms with Gasteiger partial charge in [-0.25, -0.2) is 4.79 Å². The Morgan fingerprint density at radius 1 is 0.967 bits per heavy atom. The maximum Gasteiger partial charge on any atom is 0.409 e. The summed E-state index contributed by atoms with van der Waals surface area (Å²) in [5.74, 6) is 0.875. The predicted molar refractivity (Wildman–Crippen MR) is 120 cm³/mol. The van der Waals surface area contributed by atoms with E-state index >= 15 is 0 Å². The number of amides is 1. The van der Waals surface area contributed by atoms with Crippen molar-refractivity contribution in [3.05, 3.63) is 35.4 Å². The van der Waals surface area contributed by atoms with Crippen LogP contribution in [0, 0.1) is 0 Å². The molecule has 0 bridgehead atoms. The first-order chi connectivity index (χ1) is 14.6. The Labute approximate surface area is 180 Å². The quantitative estimate of drug-likeness (QED) is 0.576. The maximum absolute atomic E-state index is 11.9. The van der Waals surface area contributed by atoms with E-state index in [2.05, 4.69) is 56.3 Å². The van der Waals surface area contributed by atoms with Crippen LogP contribution in [-0.2, 0) is 17.8 Å². The second-order valence-electron chi connectivity index (χ2n) is 7.97. The number of hydrogen-bond acceptors (Lipinski definition) is 5. The van der Waals surface area contributed by atoms with Gasteiger partial charge < -0.3 is 24.8 Å². The van der Waals surface area contributed by atoms with Crippen LogP contribution in [0.25, 0.3) is 0 Å². The molecule has 0 saturated carbocycles. The van der Waals surface area contributed by atoms with Crippen LogP contribution in [0.5, 0.6) is 0 Å². The van der Waals surface area contributed by atoms with Crippen LogP contribution in [0.4, 0.5) is 4.79 Å². The lowest BCUT2D eigenvalue weighted by atomic mass is 10.1. The first kappa shape index (κ1) is 22.4. The van der Waals surface area contributed by atoms with Gasteiger partial charge in [0, 0.05) is 72.5 Å². The second-order valence-corrected chi connectivity index (χ2v) is 7.97. The van der Waals surface area contributed by atoms with Crippen molar-refractivity contribution in [1.29, 1.82) is 0 Å². The number of hydrogen-bond donors (Lipinski definition) is 1.